The van der Waals surface area contributed by atoms with E-state index < -0.39 is 11.4 Å². The third-order valence-corrected chi connectivity index (χ3v) is 7.38. The first-order valence-electron chi connectivity index (χ1n) is 13.0. The zero-order valence-electron chi connectivity index (χ0n) is 22.1. The molecule has 2 heterocycles. The summed E-state index contributed by atoms with van der Waals surface area (Å²) in [4.78, 5) is 46.0. The number of methoxy groups -OCH3 is 2. The lowest BCUT2D eigenvalue weighted by Crippen LogP contribution is -2.65. The fourth-order valence-electron chi connectivity index (χ4n) is 5.29. The minimum atomic E-state index is -1.05. The van der Waals surface area contributed by atoms with Crippen LogP contribution >= 0.6 is 0 Å². The third-order valence-electron chi connectivity index (χ3n) is 7.38. The Balaban J connectivity index is 1.49. The van der Waals surface area contributed by atoms with E-state index in [2.05, 4.69) is 15.6 Å². The second-order valence-electron chi connectivity index (χ2n) is 9.94. The Kier molecular flexibility index (Phi) is 8.04. The van der Waals surface area contributed by atoms with Crippen molar-refractivity contribution in [1.82, 2.24) is 25.1 Å². The predicted octanol–water partition coefficient (Wildman–Crippen LogP) is 2.56. The van der Waals surface area contributed by atoms with Gasteiger partial charge in [-0.3, -0.25) is 14.4 Å². The van der Waals surface area contributed by atoms with Crippen LogP contribution in [0.5, 0.6) is 11.5 Å². The number of carbonyl (C=O) groups is 3. The zero-order valence-corrected chi connectivity index (χ0v) is 22.1. The molecule has 3 amide bonds. The Morgan fingerprint density at radius 1 is 1.19 bits per heavy atom. The van der Waals surface area contributed by atoms with Crippen molar-refractivity contribution < 1.29 is 23.9 Å². The summed E-state index contributed by atoms with van der Waals surface area (Å²) in [6.45, 7) is 4.76. The van der Waals surface area contributed by atoms with E-state index >= 15 is 0 Å². The second kappa shape index (κ2) is 11.2. The van der Waals surface area contributed by atoms with Crippen LogP contribution in [-0.2, 0) is 17.8 Å². The van der Waals surface area contributed by atoms with Gasteiger partial charge < -0.3 is 29.6 Å². The molecule has 4 rings (SSSR count). The third kappa shape index (κ3) is 5.28. The number of hydrogen-bond donors (Lipinski definition) is 2. The van der Waals surface area contributed by atoms with E-state index in [0.29, 0.717) is 37.4 Å². The number of fused-ring (bicyclic) bond motifs is 1. The van der Waals surface area contributed by atoms with Crippen molar-refractivity contribution in [2.24, 2.45) is 0 Å². The van der Waals surface area contributed by atoms with Crippen molar-refractivity contribution in [3.8, 4) is 11.5 Å². The van der Waals surface area contributed by atoms with E-state index in [4.69, 9.17) is 9.47 Å². The molecule has 1 atom stereocenters. The fourth-order valence-corrected chi connectivity index (χ4v) is 5.29. The van der Waals surface area contributed by atoms with Crippen LogP contribution in [0, 0.1) is 0 Å². The number of hydrogen-bond acceptors (Lipinski definition) is 6. The molecule has 200 valence electrons. The fraction of sp³-hybridized carbons (Fsp3) is 0.556. The molecule has 0 radical (unpaired) electrons. The highest BCUT2D eigenvalue weighted by atomic mass is 16.5. The van der Waals surface area contributed by atoms with Crippen molar-refractivity contribution in [2.45, 2.75) is 70.5 Å². The molecule has 1 fully saturated rings. The van der Waals surface area contributed by atoms with Crippen LogP contribution in [-0.4, -0.2) is 71.1 Å². The van der Waals surface area contributed by atoms with Gasteiger partial charge >= 0.3 is 0 Å². The summed E-state index contributed by atoms with van der Waals surface area (Å²) >= 11 is 0. The van der Waals surface area contributed by atoms with Crippen LogP contribution in [0.4, 0.5) is 0 Å². The maximum atomic E-state index is 13.7. The number of imidazole rings is 1. The molecule has 37 heavy (non-hydrogen) atoms. The quantitative estimate of drug-likeness (QED) is 0.507. The number of aromatic nitrogens is 2. The van der Waals surface area contributed by atoms with Crippen LogP contribution in [0.1, 0.15) is 72.5 Å². The number of rotatable bonds is 10. The van der Waals surface area contributed by atoms with Crippen LogP contribution in [0.2, 0.25) is 0 Å². The number of nitrogens with zero attached hydrogens (tertiary/aromatic N) is 3. The van der Waals surface area contributed by atoms with Gasteiger partial charge in [-0.15, -0.1) is 0 Å². The molecule has 1 aromatic carbocycles. The smallest absolute Gasteiger partial charge is 0.273 e. The van der Waals surface area contributed by atoms with E-state index in [1.165, 1.54) is 6.33 Å². The summed E-state index contributed by atoms with van der Waals surface area (Å²) in [5.41, 5.74) is 0.164. The van der Waals surface area contributed by atoms with E-state index in [9.17, 15) is 14.4 Å². The molecule has 1 aliphatic carbocycles. The molecule has 1 saturated carbocycles. The molecular formula is C27H37N5O5. The highest BCUT2D eigenvalue weighted by Gasteiger charge is 2.48. The highest BCUT2D eigenvalue weighted by Crippen LogP contribution is 2.30. The largest absolute Gasteiger partial charge is 0.497 e. The monoisotopic (exact) mass is 511 g/mol. The topological polar surface area (TPSA) is 115 Å². The molecule has 1 aliphatic heterocycles. The van der Waals surface area contributed by atoms with Crippen molar-refractivity contribution in [1.29, 1.82) is 0 Å². The van der Waals surface area contributed by atoms with Gasteiger partial charge in [0.1, 0.15) is 22.7 Å². The van der Waals surface area contributed by atoms with Crippen molar-refractivity contribution in [3.63, 3.8) is 0 Å². The summed E-state index contributed by atoms with van der Waals surface area (Å²) < 4.78 is 12.3. The minimum Gasteiger partial charge on any atom is -0.497 e. The molecule has 1 aromatic heterocycles. The highest BCUT2D eigenvalue weighted by molar-refractivity contribution is 6.07. The second-order valence-corrected chi connectivity index (χ2v) is 9.94. The Morgan fingerprint density at radius 3 is 2.62 bits per heavy atom. The average molecular weight is 512 g/mol. The summed E-state index contributed by atoms with van der Waals surface area (Å²) in [7, 11) is 3.18. The van der Waals surface area contributed by atoms with Gasteiger partial charge in [0, 0.05) is 25.2 Å². The Morgan fingerprint density at radius 2 is 1.95 bits per heavy atom. The normalized spacial score (nSPS) is 19.5. The first kappa shape index (κ1) is 26.5. The maximum absolute atomic E-state index is 13.7. The van der Waals surface area contributed by atoms with E-state index in [-0.39, 0.29) is 35.8 Å². The van der Waals surface area contributed by atoms with Gasteiger partial charge in [0.15, 0.2) is 5.69 Å². The molecule has 0 saturated heterocycles. The van der Waals surface area contributed by atoms with Gasteiger partial charge in [-0.05, 0) is 44.2 Å². The van der Waals surface area contributed by atoms with Crippen molar-refractivity contribution in [3.05, 3.63) is 41.5 Å². The molecule has 0 spiro atoms. The van der Waals surface area contributed by atoms with E-state index in [1.807, 2.05) is 19.1 Å². The maximum Gasteiger partial charge on any atom is 0.273 e. The van der Waals surface area contributed by atoms with E-state index in [1.54, 1.807) is 36.7 Å². The predicted molar refractivity (Wildman–Crippen MR) is 138 cm³/mol. The minimum absolute atomic E-state index is 0.0750. The van der Waals surface area contributed by atoms with Crippen molar-refractivity contribution in [2.75, 3.05) is 27.3 Å². The molecule has 10 heteroatoms. The number of amides is 3. The molecule has 2 aromatic rings. The molecular weight excluding hydrogens is 474 g/mol. The summed E-state index contributed by atoms with van der Waals surface area (Å²) in [5, 5.41) is 6.03. The van der Waals surface area contributed by atoms with Crippen LogP contribution < -0.4 is 20.1 Å². The number of carbonyl (C=O) groups excluding carboxylic acids is 3. The van der Waals surface area contributed by atoms with Gasteiger partial charge in [-0.1, -0.05) is 25.8 Å². The number of ether oxygens (including phenoxy) is 2. The lowest BCUT2D eigenvalue weighted by molar-refractivity contribution is -0.133. The molecule has 10 nitrogen and oxygen atoms in total. The SMILES string of the molecule is CCCN1C(=O)c2c(C(=O)NCCc3ccc(OC)cc3OC)ncn2C[C@@]1(C)C(=O)NC1CCCC1. The van der Waals surface area contributed by atoms with Gasteiger partial charge in [0.2, 0.25) is 5.91 Å². The summed E-state index contributed by atoms with van der Waals surface area (Å²) in [6.07, 6.45) is 6.85. The standard InChI is InChI=1S/C27H37N5O5/c1-5-14-32-25(34)23-22(24(33)28-13-12-18-10-11-20(36-3)15-21(18)37-4)29-17-31(23)16-27(32,2)26(35)30-19-8-6-7-9-19/h10-11,15,17,19H,5-9,12-14,16H2,1-4H3,(H,28,33)(H,30,35)/t27-/m0/s1. The zero-order chi connectivity index (χ0) is 26.6. The van der Waals surface area contributed by atoms with Crippen molar-refractivity contribution >= 4 is 17.7 Å². The lowest BCUT2D eigenvalue weighted by atomic mass is 9.93. The number of nitrogens with one attached hydrogen (secondary N) is 2. The van der Waals surface area contributed by atoms with Crippen LogP contribution in [0.25, 0.3) is 0 Å². The Bertz CT molecular complexity index is 1160. The lowest BCUT2D eigenvalue weighted by Gasteiger charge is -2.44. The number of benzene rings is 1. The van der Waals surface area contributed by atoms with Gasteiger partial charge in [0.05, 0.1) is 27.1 Å². The average Bonchev–Trinajstić information content (AvgIpc) is 3.56. The molecule has 0 unspecified atom stereocenters. The first-order valence-corrected chi connectivity index (χ1v) is 13.0. The van der Waals surface area contributed by atoms with E-state index in [0.717, 1.165) is 31.2 Å². The van der Waals surface area contributed by atoms with Crippen LogP contribution in [0.15, 0.2) is 24.5 Å². The Hall–Kier alpha value is -3.56. The van der Waals surface area contributed by atoms with Crippen LogP contribution in [0.3, 0.4) is 0 Å². The first-order chi connectivity index (χ1) is 17.8. The molecule has 0 bridgehead atoms. The molecule has 2 aliphatic rings. The summed E-state index contributed by atoms with van der Waals surface area (Å²) in [6, 6.07) is 5.68. The molecule has 2 N–H and O–H groups in total. The van der Waals surface area contributed by atoms with Gasteiger partial charge in [-0.2, -0.15) is 0 Å². The summed E-state index contributed by atoms with van der Waals surface area (Å²) in [5.74, 6) is 0.434. The Labute approximate surface area is 217 Å². The van der Waals surface area contributed by atoms with Gasteiger partial charge in [0.25, 0.3) is 11.8 Å². The van der Waals surface area contributed by atoms with Gasteiger partial charge in [-0.25, -0.2) is 4.98 Å².